The van der Waals surface area contributed by atoms with E-state index in [-0.39, 0.29) is 19.0 Å². The molecule has 1 aromatic rings. The first kappa shape index (κ1) is 10.4. The maximum absolute atomic E-state index is 10.9. The number of nitrogens with one attached hydrogen (secondary N) is 3. The van der Waals surface area contributed by atoms with E-state index in [0.717, 1.165) is 5.82 Å². The first-order valence-electron chi connectivity index (χ1n) is 4.13. The molecule has 14 heavy (non-hydrogen) atoms. The fraction of sp³-hybridized carbons (Fsp3) is 0.375. The Morgan fingerprint density at radius 3 is 3.14 bits per heavy atom. The molecular formula is C8H11N4O2. The van der Waals surface area contributed by atoms with Crippen LogP contribution in [-0.4, -0.2) is 35.3 Å². The Bertz CT molecular complexity index is 284. The molecule has 75 valence electrons. The predicted octanol–water partition coefficient (Wildman–Crippen LogP) is -1.27. The van der Waals surface area contributed by atoms with Crippen molar-refractivity contribution in [2.75, 3.05) is 13.1 Å². The lowest BCUT2D eigenvalue weighted by Crippen LogP contribution is -2.34. The molecule has 1 rings (SSSR count). The minimum atomic E-state index is -0.236. The maximum Gasteiger partial charge on any atom is 0.234 e. The molecule has 0 aromatic carbocycles. The van der Waals surface area contributed by atoms with Gasteiger partial charge in [0.25, 0.3) is 0 Å². The van der Waals surface area contributed by atoms with E-state index in [0.29, 0.717) is 6.54 Å². The summed E-state index contributed by atoms with van der Waals surface area (Å²) in [5.41, 5.74) is 0. The van der Waals surface area contributed by atoms with Crippen molar-refractivity contribution in [3.05, 3.63) is 18.2 Å². The van der Waals surface area contributed by atoms with Gasteiger partial charge >= 0.3 is 0 Å². The van der Waals surface area contributed by atoms with Crippen molar-refractivity contribution in [1.82, 2.24) is 20.6 Å². The molecule has 6 heteroatoms. The van der Waals surface area contributed by atoms with Crippen molar-refractivity contribution in [1.29, 1.82) is 0 Å². The summed E-state index contributed by atoms with van der Waals surface area (Å²) < 4.78 is 0. The van der Waals surface area contributed by atoms with Crippen molar-refractivity contribution in [2.24, 2.45) is 0 Å². The van der Waals surface area contributed by atoms with Gasteiger partial charge in [-0.05, 0) is 0 Å². The highest BCUT2D eigenvalue weighted by Crippen LogP contribution is 1.85. The Kier molecular flexibility index (Phi) is 4.36. The van der Waals surface area contributed by atoms with Crippen LogP contribution in [0.25, 0.3) is 0 Å². The van der Waals surface area contributed by atoms with Crippen LogP contribution in [0.1, 0.15) is 5.82 Å². The number of imidazole rings is 1. The van der Waals surface area contributed by atoms with Crippen LogP contribution in [0.2, 0.25) is 0 Å². The molecule has 1 amide bonds. The lowest BCUT2D eigenvalue weighted by molar-refractivity contribution is -0.120. The fourth-order valence-electron chi connectivity index (χ4n) is 0.886. The molecule has 1 heterocycles. The van der Waals surface area contributed by atoms with Gasteiger partial charge in [0.1, 0.15) is 5.82 Å². The van der Waals surface area contributed by atoms with Gasteiger partial charge in [0.05, 0.1) is 19.6 Å². The molecule has 0 aliphatic heterocycles. The van der Waals surface area contributed by atoms with E-state index in [4.69, 9.17) is 0 Å². The molecule has 0 spiro atoms. The molecule has 0 bridgehead atoms. The second kappa shape index (κ2) is 5.87. The summed E-state index contributed by atoms with van der Waals surface area (Å²) in [6, 6.07) is 0. The molecule has 0 aliphatic carbocycles. The number of hydrogen-bond donors (Lipinski definition) is 3. The quantitative estimate of drug-likeness (QED) is 0.528. The summed E-state index contributed by atoms with van der Waals surface area (Å²) in [4.78, 5) is 27.6. The van der Waals surface area contributed by atoms with E-state index in [2.05, 4.69) is 20.6 Å². The van der Waals surface area contributed by atoms with Crippen molar-refractivity contribution in [3.63, 3.8) is 0 Å². The van der Waals surface area contributed by atoms with Gasteiger partial charge in [-0.15, -0.1) is 0 Å². The van der Waals surface area contributed by atoms with Crippen LogP contribution in [-0.2, 0) is 16.1 Å². The third-order valence-corrected chi connectivity index (χ3v) is 1.49. The Morgan fingerprint density at radius 1 is 1.64 bits per heavy atom. The molecule has 0 fully saturated rings. The Labute approximate surface area is 81.1 Å². The third-order valence-electron chi connectivity index (χ3n) is 1.49. The molecular weight excluding hydrogens is 184 g/mol. The number of rotatable bonds is 6. The molecule has 0 saturated heterocycles. The number of hydrogen-bond acceptors (Lipinski definition) is 4. The summed E-state index contributed by atoms with van der Waals surface area (Å²) in [5, 5.41) is 5.22. The zero-order valence-electron chi connectivity index (χ0n) is 7.54. The highest BCUT2D eigenvalue weighted by atomic mass is 16.2. The van der Waals surface area contributed by atoms with Crippen LogP contribution in [0.4, 0.5) is 0 Å². The highest BCUT2D eigenvalue weighted by Gasteiger charge is 1.99. The smallest absolute Gasteiger partial charge is 0.234 e. The molecule has 0 aliphatic rings. The van der Waals surface area contributed by atoms with Gasteiger partial charge in [-0.25, -0.2) is 4.98 Å². The number of H-pyrrole nitrogens is 1. The summed E-state index contributed by atoms with van der Waals surface area (Å²) in [6.45, 7) is 0.578. The number of carbonyl (C=O) groups excluding carboxylic acids is 2. The molecule has 3 N–H and O–H groups in total. The van der Waals surface area contributed by atoms with Crippen molar-refractivity contribution in [3.8, 4) is 0 Å². The first-order chi connectivity index (χ1) is 6.83. The Hall–Kier alpha value is -1.69. The van der Waals surface area contributed by atoms with E-state index in [1.54, 1.807) is 18.7 Å². The highest BCUT2D eigenvalue weighted by molar-refractivity contribution is 5.80. The number of aromatic amines is 1. The summed E-state index contributed by atoms with van der Waals surface area (Å²) in [5.74, 6) is 0.527. The third kappa shape index (κ3) is 3.81. The van der Waals surface area contributed by atoms with Gasteiger partial charge in [0.2, 0.25) is 12.2 Å². The summed E-state index contributed by atoms with van der Waals surface area (Å²) in [6.07, 6.45) is 4.92. The van der Waals surface area contributed by atoms with Gasteiger partial charge < -0.3 is 15.6 Å². The molecule has 0 unspecified atom stereocenters. The van der Waals surface area contributed by atoms with Crippen LogP contribution < -0.4 is 10.6 Å². The normalized spacial score (nSPS) is 9.71. The lowest BCUT2D eigenvalue weighted by atomic mass is 10.5. The van der Waals surface area contributed by atoms with Gasteiger partial charge in [-0.3, -0.25) is 9.59 Å². The monoisotopic (exact) mass is 195 g/mol. The zero-order valence-corrected chi connectivity index (χ0v) is 7.54. The molecule has 1 aromatic heterocycles. The molecule has 0 atom stereocenters. The SMILES string of the molecule is O=[C]CNC(=O)CNCc1ncc[nH]1. The Morgan fingerprint density at radius 2 is 2.50 bits per heavy atom. The zero-order chi connectivity index (χ0) is 10.2. The summed E-state index contributed by atoms with van der Waals surface area (Å²) >= 11 is 0. The number of aromatic nitrogens is 2. The molecule has 1 radical (unpaired) electrons. The van der Waals surface area contributed by atoms with Gasteiger partial charge in [0.15, 0.2) is 0 Å². The minimum absolute atomic E-state index is 0.0682. The van der Waals surface area contributed by atoms with E-state index in [1.165, 1.54) is 0 Å². The molecule has 0 saturated carbocycles. The van der Waals surface area contributed by atoms with Crippen molar-refractivity contribution in [2.45, 2.75) is 6.54 Å². The summed E-state index contributed by atoms with van der Waals surface area (Å²) in [7, 11) is 0. The number of amides is 1. The van der Waals surface area contributed by atoms with Crippen molar-refractivity contribution >= 4 is 12.2 Å². The van der Waals surface area contributed by atoms with Crippen LogP contribution in [0, 0.1) is 0 Å². The van der Waals surface area contributed by atoms with E-state index in [1.807, 2.05) is 0 Å². The van der Waals surface area contributed by atoms with Gasteiger partial charge in [0, 0.05) is 12.4 Å². The average Bonchev–Trinajstić information content (AvgIpc) is 2.67. The number of nitrogens with zero attached hydrogens (tertiary/aromatic N) is 1. The standard InChI is InChI=1S/C8H11N4O2/c13-4-3-12-8(14)6-9-5-7-10-1-2-11-7/h1-2,9H,3,5-6H2,(H,10,11)(H,12,14). The van der Waals surface area contributed by atoms with Crippen LogP contribution in [0.3, 0.4) is 0 Å². The largest absolute Gasteiger partial charge is 0.348 e. The lowest BCUT2D eigenvalue weighted by Gasteiger charge is -2.01. The number of carbonyl (C=O) groups is 1. The first-order valence-corrected chi connectivity index (χ1v) is 4.13. The van der Waals surface area contributed by atoms with E-state index < -0.39 is 0 Å². The van der Waals surface area contributed by atoms with E-state index in [9.17, 15) is 9.59 Å². The topological polar surface area (TPSA) is 86.9 Å². The van der Waals surface area contributed by atoms with Gasteiger partial charge in [-0.2, -0.15) is 0 Å². The predicted molar refractivity (Wildman–Crippen MR) is 49.0 cm³/mol. The second-order valence-corrected chi connectivity index (χ2v) is 2.56. The fourth-order valence-corrected chi connectivity index (χ4v) is 0.886. The second-order valence-electron chi connectivity index (χ2n) is 2.56. The van der Waals surface area contributed by atoms with Crippen molar-refractivity contribution < 1.29 is 9.59 Å². The maximum atomic E-state index is 10.9. The van der Waals surface area contributed by atoms with Crippen LogP contribution >= 0.6 is 0 Å². The minimum Gasteiger partial charge on any atom is -0.348 e. The van der Waals surface area contributed by atoms with Crippen LogP contribution in [0.15, 0.2) is 12.4 Å². The van der Waals surface area contributed by atoms with Gasteiger partial charge in [-0.1, -0.05) is 0 Å². The Balaban J connectivity index is 2.09. The van der Waals surface area contributed by atoms with Crippen LogP contribution in [0.5, 0.6) is 0 Å². The average molecular weight is 195 g/mol. The molecule has 6 nitrogen and oxygen atoms in total. The van der Waals surface area contributed by atoms with E-state index >= 15 is 0 Å².